The summed E-state index contributed by atoms with van der Waals surface area (Å²) in [6.07, 6.45) is 8.29. The number of hydrogen-bond donors (Lipinski definition) is 1. The van der Waals surface area contributed by atoms with Gasteiger partial charge in [-0.1, -0.05) is 63.5 Å². The van der Waals surface area contributed by atoms with E-state index in [2.05, 4.69) is 25.8 Å². The number of benzene rings is 1. The maximum Gasteiger partial charge on any atom is 0.280 e. The Labute approximate surface area is 190 Å². The van der Waals surface area contributed by atoms with Crippen molar-refractivity contribution in [1.82, 2.24) is 4.98 Å². The molecule has 7 heteroatoms. The Kier molecular flexibility index (Phi) is 14.3. The van der Waals surface area contributed by atoms with Gasteiger partial charge in [-0.25, -0.2) is 4.98 Å². The Bertz CT molecular complexity index is 697. The number of quaternary nitrogens is 1. The summed E-state index contributed by atoms with van der Waals surface area (Å²) in [4.78, 5) is 16.3. The summed E-state index contributed by atoms with van der Waals surface area (Å²) in [6.45, 7) is 11.1. The molecule has 2 aromatic rings. The van der Waals surface area contributed by atoms with E-state index in [9.17, 15) is 9.90 Å². The molecule has 30 heavy (non-hydrogen) atoms. The molecule has 5 nitrogen and oxygen atoms in total. The number of thiazole rings is 1. The highest BCUT2D eigenvalue weighted by Gasteiger charge is 2.07. The van der Waals surface area contributed by atoms with Gasteiger partial charge in [0.2, 0.25) is 0 Å². The maximum atomic E-state index is 10.3. The van der Waals surface area contributed by atoms with Crippen molar-refractivity contribution in [3.05, 3.63) is 24.3 Å². The van der Waals surface area contributed by atoms with Crippen molar-refractivity contribution in [2.45, 2.75) is 72.1 Å². The van der Waals surface area contributed by atoms with Crippen molar-refractivity contribution >= 4 is 44.8 Å². The fraction of sp³-hybridized carbons (Fsp3) is 0.609. The molecule has 0 aliphatic rings. The molecular weight excluding hydrogens is 416 g/mol. The predicted molar refractivity (Wildman–Crippen MR) is 127 cm³/mol. The lowest BCUT2D eigenvalue weighted by molar-refractivity contribution is -0.900. The van der Waals surface area contributed by atoms with Crippen LogP contribution in [0.2, 0.25) is 0 Å². The number of nitrogens with one attached hydrogen (secondary N) is 1. The number of aromatic nitrogens is 1. The van der Waals surface area contributed by atoms with E-state index < -0.39 is 5.97 Å². The number of fused-ring (bicyclic) bond motifs is 1. The van der Waals surface area contributed by atoms with Crippen LogP contribution in [-0.4, -0.2) is 35.6 Å². The molecule has 2 rings (SSSR count). The highest BCUT2D eigenvalue weighted by molar-refractivity contribution is 7.80. The summed E-state index contributed by atoms with van der Waals surface area (Å²) in [7, 11) is 0. The number of thiocarbonyl (C=S) groups is 1. The number of nitrogens with zero attached hydrogens (tertiary/aromatic N) is 1. The zero-order valence-electron chi connectivity index (χ0n) is 18.6. The molecule has 168 valence electrons. The first-order chi connectivity index (χ1) is 14.5. The maximum absolute atomic E-state index is 10.3. The molecule has 0 saturated carbocycles. The molecule has 1 aromatic carbocycles. The number of ether oxygens (including phenoxy) is 1. The van der Waals surface area contributed by atoms with Crippen LogP contribution in [0.25, 0.3) is 10.2 Å². The van der Waals surface area contributed by atoms with Gasteiger partial charge < -0.3 is 19.5 Å². The largest absolute Gasteiger partial charge is 0.550 e. The van der Waals surface area contributed by atoms with E-state index >= 15 is 0 Å². The minimum atomic E-state index is -1.14. The first-order valence-corrected chi connectivity index (χ1v) is 12.3. The number of aliphatic carboxylic acids is 1. The van der Waals surface area contributed by atoms with Crippen LogP contribution in [0.3, 0.4) is 0 Å². The monoisotopic (exact) mass is 452 g/mol. The van der Waals surface area contributed by atoms with Gasteiger partial charge in [-0.05, 0) is 50.0 Å². The summed E-state index contributed by atoms with van der Waals surface area (Å²) >= 11 is 6.29. The molecule has 0 bridgehead atoms. The van der Waals surface area contributed by atoms with Crippen molar-refractivity contribution in [3.8, 4) is 5.19 Å². The summed E-state index contributed by atoms with van der Waals surface area (Å²) < 4.78 is 6.30. The number of para-hydroxylation sites is 1. The Morgan fingerprint density at radius 1 is 1.03 bits per heavy atom. The molecule has 0 radical (unpaired) electrons. The fourth-order valence-corrected chi connectivity index (χ4v) is 3.98. The molecule has 0 saturated heterocycles. The number of hydrogen-bond acceptors (Lipinski definition) is 6. The van der Waals surface area contributed by atoms with E-state index in [-0.39, 0.29) is 17.9 Å². The van der Waals surface area contributed by atoms with Gasteiger partial charge in [-0.2, -0.15) is 0 Å². The van der Waals surface area contributed by atoms with E-state index in [0.717, 1.165) is 10.2 Å². The fourth-order valence-electron chi connectivity index (χ4n) is 2.90. The van der Waals surface area contributed by atoms with Crippen LogP contribution >= 0.6 is 23.6 Å². The van der Waals surface area contributed by atoms with Crippen LogP contribution in [0.4, 0.5) is 0 Å². The van der Waals surface area contributed by atoms with Gasteiger partial charge in [0.1, 0.15) is 0 Å². The highest BCUT2D eigenvalue weighted by atomic mass is 32.1. The van der Waals surface area contributed by atoms with Crippen molar-refractivity contribution in [2.24, 2.45) is 0 Å². The number of carbonyl (C=O) groups excluding carboxylic acids is 1. The summed E-state index contributed by atoms with van der Waals surface area (Å²) in [5.41, 5.74) is 0.843. The van der Waals surface area contributed by atoms with Crippen LogP contribution in [0.5, 0.6) is 5.19 Å². The first kappa shape index (κ1) is 26.5. The topological polar surface area (TPSA) is 66.7 Å². The predicted octanol–water partition coefficient (Wildman–Crippen LogP) is 3.80. The van der Waals surface area contributed by atoms with E-state index in [4.69, 9.17) is 17.0 Å². The quantitative estimate of drug-likeness (QED) is 0.468. The minimum Gasteiger partial charge on any atom is -0.550 e. The average molecular weight is 453 g/mol. The highest BCUT2D eigenvalue weighted by Crippen LogP contribution is 2.27. The summed E-state index contributed by atoms with van der Waals surface area (Å²) in [5.74, 6) is -1.14. The second-order valence-corrected chi connectivity index (χ2v) is 8.80. The Morgan fingerprint density at radius 3 is 2.10 bits per heavy atom. The second-order valence-electron chi connectivity index (χ2n) is 7.35. The molecular formula is C23H36N2O3S2. The lowest BCUT2D eigenvalue weighted by Gasteiger charge is -2.18. The lowest BCUT2D eigenvalue weighted by atomic mass is 10.2. The smallest absolute Gasteiger partial charge is 0.280 e. The van der Waals surface area contributed by atoms with Crippen LogP contribution in [0.1, 0.15) is 72.1 Å². The standard InChI is InChI=1S/C12H27N.C11H9NO3S2/c1-4-7-10-13(11-8-5-2)12-9-6-3;13-9(14)5-6-10(16)15-11-12-7-3-1-2-4-8(7)17-11/h4-12H2,1-3H3;1-4H,5-6H2,(H,13,14). The number of rotatable bonds is 13. The number of unbranched alkanes of at least 4 members (excludes halogenated alkanes) is 3. The Hall–Kier alpha value is -1.57. The number of carboxylic acid groups (broad SMARTS) is 1. The van der Waals surface area contributed by atoms with Crippen molar-refractivity contribution in [1.29, 1.82) is 0 Å². The summed E-state index contributed by atoms with van der Waals surface area (Å²) in [5, 5.41) is 10.9. The second kappa shape index (κ2) is 16.2. The van der Waals surface area contributed by atoms with Gasteiger partial charge in [0.25, 0.3) is 5.19 Å². The lowest BCUT2D eigenvalue weighted by Crippen LogP contribution is -3.12. The Balaban J connectivity index is 0.000000314. The SMILES string of the molecule is CCCC[NH+](CCCC)CCCC.O=C([O-])CCC(=S)Oc1nc2ccccc2s1. The zero-order valence-corrected chi connectivity index (χ0v) is 20.2. The first-order valence-electron chi connectivity index (χ1n) is 11.1. The van der Waals surface area contributed by atoms with Gasteiger partial charge in [-0.3, -0.25) is 0 Å². The van der Waals surface area contributed by atoms with Crippen LogP contribution in [0.15, 0.2) is 24.3 Å². The van der Waals surface area contributed by atoms with E-state index in [1.807, 2.05) is 29.2 Å². The van der Waals surface area contributed by atoms with Crippen molar-refractivity contribution in [2.75, 3.05) is 19.6 Å². The number of carbonyl (C=O) groups is 1. The molecule has 0 fully saturated rings. The van der Waals surface area contributed by atoms with E-state index in [0.29, 0.717) is 5.19 Å². The van der Waals surface area contributed by atoms with Crippen LogP contribution < -0.4 is 14.7 Å². The summed E-state index contributed by atoms with van der Waals surface area (Å²) in [6, 6.07) is 7.62. The molecule has 1 N–H and O–H groups in total. The van der Waals surface area contributed by atoms with Gasteiger partial charge in [0.05, 0.1) is 29.9 Å². The van der Waals surface area contributed by atoms with Crippen LogP contribution in [-0.2, 0) is 4.79 Å². The van der Waals surface area contributed by atoms with Gasteiger partial charge in [0.15, 0.2) is 5.05 Å². The molecule has 1 aromatic heterocycles. The average Bonchev–Trinajstić information content (AvgIpc) is 3.14. The van der Waals surface area contributed by atoms with Crippen molar-refractivity contribution in [3.63, 3.8) is 0 Å². The van der Waals surface area contributed by atoms with Gasteiger partial charge in [0, 0.05) is 12.4 Å². The normalized spacial score (nSPS) is 10.7. The molecule has 1 heterocycles. The molecule has 0 unspecified atom stereocenters. The van der Waals surface area contributed by atoms with Crippen LogP contribution in [0, 0.1) is 0 Å². The Morgan fingerprint density at radius 2 is 1.60 bits per heavy atom. The van der Waals surface area contributed by atoms with Gasteiger partial charge in [-0.15, -0.1) is 0 Å². The molecule has 0 aliphatic heterocycles. The molecule has 0 spiro atoms. The third-order valence-electron chi connectivity index (χ3n) is 4.66. The third-order valence-corrected chi connectivity index (χ3v) is 5.86. The van der Waals surface area contributed by atoms with E-state index in [1.54, 1.807) is 0 Å². The molecule has 0 atom stereocenters. The van der Waals surface area contributed by atoms with Crippen molar-refractivity contribution < 1.29 is 19.5 Å². The van der Waals surface area contributed by atoms with Gasteiger partial charge >= 0.3 is 0 Å². The minimum absolute atomic E-state index is 0.135. The molecule has 0 amide bonds. The van der Waals surface area contributed by atoms with E-state index in [1.165, 1.54) is 69.5 Å². The zero-order chi connectivity index (χ0) is 22.2. The third kappa shape index (κ3) is 11.6. The number of carboxylic acids is 1. The molecule has 0 aliphatic carbocycles.